The van der Waals surface area contributed by atoms with Gasteiger partial charge in [-0.3, -0.25) is 0 Å². The van der Waals surface area contributed by atoms with Crippen molar-refractivity contribution in [3.63, 3.8) is 0 Å². The summed E-state index contributed by atoms with van der Waals surface area (Å²) in [7, 11) is 0. The molecule has 3 saturated heterocycles. The zero-order valence-corrected chi connectivity index (χ0v) is 24.5. The van der Waals surface area contributed by atoms with Crippen molar-refractivity contribution in [2.45, 2.75) is 179 Å². The van der Waals surface area contributed by atoms with E-state index < -0.39 is 17.9 Å². The molecule has 6 atom stereocenters. The van der Waals surface area contributed by atoms with Crippen molar-refractivity contribution in [1.29, 1.82) is 0 Å². The molecular weight excluding hydrogens is 470 g/mol. The number of unbranched alkanes of at least 4 members (excludes halogenated alkanes) is 13. The van der Waals surface area contributed by atoms with Gasteiger partial charge in [-0.25, -0.2) is 0 Å². The van der Waals surface area contributed by atoms with E-state index in [1.54, 1.807) is 0 Å². The molecule has 218 valence electrons. The first-order valence-electron chi connectivity index (χ1n) is 15.5. The summed E-state index contributed by atoms with van der Waals surface area (Å²) in [5.41, 5.74) is 0. The van der Waals surface area contributed by atoms with Crippen LogP contribution < -0.4 is 5.32 Å². The van der Waals surface area contributed by atoms with E-state index in [0.29, 0.717) is 6.42 Å². The van der Waals surface area contributed by atoms with Crippen LogP contribution in [-0.4, -0.2) is 66.6 Å². The van der Waals surface area contributed by atoms with Crippen LogP contribution >= 0.6 is 0 Å². The van der Waals surface area contributed by atoms with E-state index in [1.807, 2.05) is 27.7 Å². The number of fused-ring (bicyclic) bond motifs is 3. The summed E-state index contributed by atoms with van der Waals surface area (Å²) >= 11 is 0. The fourth-order valence-corrected chi connectivity index (χ4v) is 6.10. The van der Waals surface area contributed by atoms with Crippen molar-refractivity contribution >= 4 is 0 Å². The molecule has 0 saturated carbocycles. The lowest BCUT2D eigenvalue weighted by molar-refractivity contribution is -0.240. The van der Waals surface area contributed by atoms with Crippen molar-refractivity contribution in [2.75, 3.05) is 13.2 Å². The van der Waals surface area contributed by atoms with E-state index >= 15 is 0 Å². The lowest BCUT2D eigenvalue weighted by Gasteiger charge is -2.41. The van der Waals surface area contributed by atoms with Gasteiger partial charge in [0.2, 0.25) is 0 Å². The second-order valence-electron chi connectivity index (χ2n) is 12.3. The van der Waals surface area contributed by atoms with E-state index in [0.717, 1.165) is 13.0 Å². The smallest absolute Gasteiger partial charge is 0.190 e. The summed E-state index contributed by atoms with van der Waals surface area (Å²) in [4.78, 5) is 0. The molecule has 0 aliphatic carbocycles. The maximum atomic E-state index is 9.78. The highest BCUT2D eigenvalue weighted by molar-refractivity contribution is 5.03. The molecule has 0 aromatic carbocycles. The molecule has 37 heavy (non-hydrogen) atoms. The van der Waals surface area contributed by atoms with E-state index in [2.05, 4.69) is 12.2 Å². The fourth-order valence-electron chi connectivity index (χ4n) is 6.10. The van der Waals surface area contributed by atoms with Gasteiger partial charge in [-0.2, -0.15) is 0 Å². The highest BCUT2D eigenvalue weighted by Gasteiger charge is 2.61. The second-order valence-corrected chi connectivity index (χ2v) is 12.3. The average molecular weight is 528 g/mol. The van der Waals surface area contributed by atoms with Gasteiger partial charge in [-0.15, -0.1) is 0 Å². The summed E-state index contributed by atoms with van der Waals surface area (Å²) in [5.74, 6) is -1.43. The van der Waals surface area contributed by atoms with Crippen molar-refractivity contribution in [3.8, 4) is 0 Å². The van der Waals surface area contributed by atoms with Crippen LogP contribution in [0.2, 0.25) is 0 Å². The Morgan fingerprint density at radius 2 is 1.14 bits per heavy atom. The molecule has 3 aliphatic heterocycles. The average Bonchev–Trinajstić information content (AvgIpc) is 3.34. The topological polar surface area (TPSA) is 78.4 Å². The highest BCUT2D eigenvalue weighted by Crippen LogP contribution is 2.45. The Labute approximate surface area is 226 Å². The lowest BCUT2D eigenvalue weighted by atomic mass is 9.92. The quantitative estimate of drug-likeness (QED) is 0.194. The minimum absolute atomic E-state index is 0.0368. The number of ether oxygens (including phenoxy) is 5. The standard InChI is InChI=1S/C30H57NO6/c1-6-7-8-9-10-11-12-13-14-15-16-17-18-19-21-31-23(20-22-32)24-25-26(35-29(2,3)34-25)27-28(33-24)37-30(4,5)36-27/h23-28,31-32H,6-22H2,1-5H3/t23-,24+,25-,26-,27+,28-/m0/s1. The van der Waals surface area contributed by atoms with Crippen LogP contribution in [-0.2, 0) is 23.7 Å². The van der Waals surface area contributed by atoms with Gasteiger partial charge in [0.25, 0.3) is 0 Å². The molecule has 0 amide bonds. The number of hydrogen-bond acceptors (Lipinski definition) is 7. The number of nitrogens with one attached hydrogen (secondary N) is 1. The van der Waals surface area contributed by atoms with Gasteiger partial charge in [0.05, 0.1) is 0 Å². The lowest BCUT2D eigenvalue weighted by Crippen LogP contribution is -2.61. The van der Waals surface area contributed by atoms with Crippen LogP contribution in [0.1, 0.15) is 131 Å². The van der Waals surface area contributed by atoms with Gasteiger partial charge < -0.3 is 34.1 Å². The van der Waals surface area contributed by atoms with Crippen LogP contribution in [0.3, 0.4) is 0 Å². The molecule has 0 unspecified atom stereocenters. The van der Waals surface area contributed by atoms with Gasteiger partial charge in [-0.1, -0.05) is 90.4 Å². The van der Waals surface area contributed by atoms with E-state index in [-0.39, 0.29) is 37.1 Å². The molecule has 7 nitrogen and oxygen atoms in total. The van der Waals surface area contributed by atoms with Crippen molar-refractivity contribution in [1.82, 2.24) is 5.32 Å². The minimum Gasteiger partial charge on any atom is -0.396 e. The molecule has 7 heteroatoms. The molecule has 3 fully saturated rings. The molecule has 3 heterocycles. The number of hydrogen-bond donors (Lipinski definition) is 2. The molecule has 2 N–H and O–H groups in total. The first kappa shape index (κ1) is 31.3. The van der Waals surface area contributed by atoms with E-state index in [1.165, 1.54) is 83.5 Å². The van der Waals surface area contributed by atoms with E-state index in [9.17, 15) is 5.11 Å². The Hall–Kier alpha value is -0.280. The van der Waals surface area contributed by atoms with Gasteiger partial charge in [0.1, 0.15) is 24.4 Å². The third-order valence-corrected chi connectivity index (χ3v) is 7.96. The van der Waals surface area contributed by atoms with Crippen molar-refractivity contribution < 1.29 is 28.8 Å². The molecule has 3 rings (SSSR count). The maximum Gasteiger partial charge on any atom is 0.190 e. The summed E-state index contributed by atoms with van der Waals surface area (Å²) in [5, 5.41) is 13.4. The van der Waals surface area contributed by atoms with Crippen molar-refractivity contribution in [3.05, 3.63) is 0 Å². The second kappa shape index (κ2) is 15.5. The molecule has 0 aromatic heterocycles. The zero-order chi connectivity index (χ0) is 26.7. The van der Waals surface area contributed by atoms with Crippen LogP contribution in [0.25, 0.3) is 0 Å². The Bertz CT molecular complexity index is 629. The Kier molecular flexibility index (Phi) is 13.1. The van der Waals surface area contributed by atoms with E-state index in [4.69, 9.17) is 23.7 Å². The molecular formula is C30H57NO6. The normalized spacial score (nSPS) is 30.8. The predicted molar refractivity (Wildman–Crippen MR) is 146 cm³/mol. The third kappa shape index (κ3) is 10.0. The molecule has 0 spiro atoms. The largest absolute Gasteiger partial charge is 0.396 e. The summed E-state index contributed by atoms with van der Waals surface area (Å²) in [6, 6.07) is -0.0368. The third-order valence-electron chi connectivity index (χ3n) is 7.96. The van der Waals surface area contributed by atoms with Gasteiger partial charge in [0, 0.05) is 12.6 Å². The monoisotopic (exact) mass is 527 g/mol. The SMILES string of the molecule is CCCCCCCCCCCCCCCCN[C@@H](CCO)[C@H]1O[C@H]2OC(C)(C)O[C@@H]2[C@H]2OC(C)(C)O[C@H]21. The molecule has 3 aliphatic rings. The first-order valence-corrected chi connectivity index (χ1v) is 15.5. The van der Waals surface area contributed by atoms with Gasteiger partial charge in [0.15, 0.2) is 17.9 Å². The first-order chi connectivity index (χ1) is 17.8. The van der Waals surface area contributed by atoms with Crippen LogP contribution in [0.5, 0.6) is 0 Å². The molecule has 0 bridgehead atoms. The summed E-state index contributed by atoms with van der Waals surface area (Å²) in [6.45, 7) is 10.9. The van der Waals surface area contributed by atoms with Crippen LogP contribution in [0.15, 0.2) is 0 Å². The Morgan fingerprint density at radius 3 is 1.70 bits per heavy atom. The number of rotatable bonds is 19. The number of aliphatic hydroxyl groups is 1. The van der Waals surface area contributed by atoms with Gasteiger partial charge >= 0.3 is 0 Å². The van der Waals surface area contributed by atoms with Gasteiger partial charge in [-0.05, 0) is 47.1 Å². The van der Waals surface area contributed by atoms with Crippen molar-refractivity contribution in [2.24, 2.45) is 0 Å². The summed E-state index contributed by atoms with van der Waals surface area (Å²) < 4.78 is 31.1. The predicted octanol–water partition coefficient (Wildman–Crippen LogP) is 6.20. The Balaban J connectivity index is 1.32. The maximum absolute atomic E-state index is 9.78. The highest BCUT2D eigenvalue weighted by atomic mass is 16.9. The number of aliphatic hydroxyl groups excluding tert-OH is 1. The molecule has 0 radical (unpaired) electrons. The van der Waals surface area contributed by atoms with Crippen LogP contribution in [0, 0.1) is 0 Å². The molecule has 0 aromatic rings. The summed E-state index contributed by atoms with van der Waals surface area (Å²) in [6.07, 6.45) is 18.0. The fraction of sp³-hybridized carbons (Fsp3) is 1.00. The Morgan fingerprint density at radius 1 is 0.649 bits per heavy atom. The minimum atomic E-state index is -0.723. The van der Waals surface area contributed by atoms with Crippen LogP contribution in [0.4, 0.5) is 0 Å². The zero-order valence-electron chi connectivity index (χ0n) is 24.5.